The highest BCUT2D eigenvalue weighted by molar-refractivity contribution is 7.14. The molecule has 1 atom stereocenters. The Labute approximate surface area is 199 Å². The Kier molecular flexibility index (Phi) is 12.2. The summed E-state index contributed by atoms with van der Waals surface area (Å²) >= 11 is 3.11. The molecule has 2 aromatic rings. The molecule has 0 spiro atoms. The minimum absolute atomic E-state index is 0.00139. The average Bonchev–Trinajstić information content (AvgIpc) is 3.40. The maximum Gasteiger partial charge on any atom is 0.305 e. The van der Waals surface area contributed by atoms with Crippen molar-refractivity contribution in [1.29, 1.82) is 0 Å². The van der Waals surface area contributed by atoms with Crippen LogP contribution in [-0.2, 0) is 20.9 Å². The lowest BCUT2D eigenvalue weighted by atomic mass is 10.1. The highest BCUT2D eigenvalue weighted by Gasteiger charge is 2.10. The number of aromatic nitrogens is 2. The van der Waals surface area contributed by atoms with Crippen LogP contribution >= 0.6 is 22.7 Å². The summed E-state index contributed by atoms with van der Waals surface area (Å²) in [5, 5.41) is 8.70. The lowest BCUT2D eigenvalue weighted by Gasteiger charge is -2.07. The number of carbonyl (C=O) groups excluding carboxylic acids is 2. The van der Waals surface area contributed by atoms with Gasteiger partial charge in [-0.25, -0.2) is 9.97 Å². The quantitative estimate of drug-likeness (QED) is 0.191. The monoisotopic (exact) mass is 477 g/mol. The second-order valence-electron chi connectivity index (χ2n) is 7.98. The Morgan fingerprint density at radius 1 is 1.16 bits per heavy atom. The highest BCUT2D eigenvalue weighted by atomic mass is 32.1. The number of aryl methyl sites for hydroxylation is 1. The van der Waals surface area contributed by atoms with Gasteiger partial charge in [0.15, 0.2) is 0 Å². The molecule has 0 unspecified atom stereocenters. The number of hydrogen-bond donors (Lipinski definition) is 1. The normalized spacial score (nSPS) is 12.2. The second-order valence-corrected chi connectivity index (χ2v) is 9.78. The zero-order valence-corrected chi connectivity index (χ0v) is 21.0. The van der Waals surface area contributed by atoms with E-state index in [2.05, 4.69) is 22.2 Å². The van der Waals surface area contributed by atoms with Crippen molar-refractivity contribution in [3.63, 3.8) is 0 Å². The molecule has 0 radical (unpaired) electrons. The van der Waals surface area contributed by atoms with Gasteiger partial charge in [-0.1, -0.05) is 51.7 Å². The van der Waals surface area contributed by atoms with Gasteiger partial charge in [-0.3, -0.25) is 9.59 Å². The number of amides is 1. The lowest BCUT2D eigenvalue weighted by Crippen LogP contribution is -2.24. The number of ether oxygens (including phenoxy) is 1. The van der Waals surface area contributed by atoms with Gasteiger partial charge in [-0.2, -0.15) is 0 Å². The third-order valence-electron chi connectivity index (χ3n) is 4.83. The van der Waals surface area contributed by atoms with Crippen molar-refractivity contribution in [1.82, 2.24) is 15.3 Å². The molecule has 1 amide bonds. The van der Waals surface area contributed by atoms with Gasteiger partial charge in [0.05, 0.1) is 13.2 Å². The van der Waals surface area contributed by atoms with E-state index in [4.69, 9.17) is 4.74 Å². The van der Waals surface area contributed by atoms with Crippen molar-refractivity contribution in [2.24, 2.45) is 5.92 Å². The fraction of sp³-hybridized carbons (Fsp3) is 0.583. The average molecular weight is 478 g/mol. The first-order valence-corrected chi connectivity index (χ1v) is 13.2. The Morgan fingerprint density at radius 3 is 2.72 bits per heavy atom. The van der Waals surface area contributed by atoms with Gasteiger partial charge in [0, 0.05) is 29.3 Å². The zero-order chi connectivity index (χ0) is 23.2. The Balaban J connectivity index is 1.56. The zero-order valence-electron chi connectivity index (χ0n) is 19.4. The maximum atomic E-state index is 12.2. The van der Waals surface area contributed by atoms with Gasteiger partial charge in [0.1, 0.15) is 15.7 Å². The highest BCUT2D eigenvalue weighted by Crippen LogP contribution is 2.25. The minimum Gasteiger partial charge on any atom is -0.465 e. The third-order valence-corrected chi connectivity index (χ3v) is 6.66. The number of carbonyl (C=O) groups is 2. The number of unbranched alkanes of at least 4 members (excludes halogenated alkanes) is 4. The van der Waals surface area contributed by atoms with E-state index in [0.29, 0.717) is 32.4 Å². The summed E-state index contributed by atoms with van der Waals surface area (Å²) in [7, 11) is 0. The summed E-state index contributed by atoms with van der Waals surface area (Å²) < 4.78 is 5.26. The Morgan fingerprint density at radius 2 is 1.97 bits per heavy atom. The van der Waals surface area contributed by atoms with Crippen molar-refractivity contribution in [3.05, 3.63) is 33.6 Å². The van der Waals surface area contributed by atoms with E-state index >= 15 is 0 Å². The molecular formula is C24H35N3O3S2. The van der Waals surface area contributed by atoms with Crippen molar-refractivity contribution < 1.29 is 14.3 Å². The van der Waals surface area contributed by atoms with Crippen LogP contribution in [0, 0.1) is 12.8 Å². The van der Waals surface area contributed by atoms with Gasteiger partial charge in [-0.05, 0) is 25.7 Å². The molecule has 2 heterocycles. The summed E-state index contributed by atoms with van der Waals surface area (Å²) in [5.74, 6) is 0.00516. The molecule has 0 aliphatic heterocycles. The third kappa shape index (κ3) is 10.5. The van der Waals surface area contributed by atoms with Crippen LogP contribution in [0.4, 0.5) is 0 Å². The van der Waals surface area contributed by atoms with Crippen LogP contribution in [0.1, 0.15) is 75.9 Å². The molecule has 2 aromatic heterocycles. The predicted molar refractivity (Wildman–Crippen MR) is 132 cm³/mol. The Hall–Kier alpha value is -2.06. The van der Waals surface area contributed by atoms with Gasteiger partial charge >= 0.3 is 5.97 Å². The molecule has 0 aliphatic carbocycles. The lowest BCUT2D eigenvalue weighted by molar-refractivity contribution is -0.143. The molecular weight excluding hydrogens is 442 g/mol. The molecule has 0 fully saturated rings. The van der Waals surface area contributed by atoms with Crippen LogP contribution in [0.3, 0.4) is 0 Å². The molecule has 0 saturated heterocycles. The van der Waals surface area contributed by atoms with E-state index in [0.717, 1.165) is 34.2 Å². The number of nitrogens with zero attached hydrogens (tertiary/aromatic N) is 2. The number of nitrogens with one attached hydrogen (secondary N) is 1. The standard InChI is InChI=1S/C24H35N3O3S2/c1-4-5-6-7-8-12-23(29)30-13-10-9-11-18(2)14-21(28)25-15-22-27-20(17-31-22)24-26-19(3)16-32-24/h9,11,16-18H,4-8,10,12-15H2,1-3H3,(H,25,28)/b11-9+/t18-/m1/s1. The summed E-state index contributed by atoms with van der Waals surface area (Å²) in [6.07, 6.45) is 11.2. The topological polar surface area (TPSA) is 81.2 Å². The van der Waals surface area contributed by atoms with Crippen molar-refractivity contribution in [2.75, 3.05) is 6.61 Å². The van der Waals surface area contributed by atoms with Crippen LogP contribution in [0.15, 0.2) is 22.9 Å². The summed E-state index contributed by atoms with van der Waals surface area (Å²) in [5.41, 5.74) is 1.86. The van der Waals surface area contributed by atoms with Crippen LogP contribution < -0.4 is 5.32 Å². The van der Waals surface area contributed by atoms with Crippen LogP contribution in [0.5, 0.6) is 0 Å². The number of esters is 1. The number of rotatable bonds is 15. The molecule has 8 heteroatoms. The van der Waals surface area contributed by atoms with E-state index in [1.807, 2.05) is 36.8 Å². The van der Waals surface area contributed by atoms with Crippen molar-refractivity contribution >= 4 is 34.6 Å². The van der Waals surface area contributed by atoms with Gasteiger partial charge in [-0.15, -0.1) is 22.7 Å². The second kappa shape index (κ2) is 14.9. The Bertz CT molecular complexity index is 860. The van der Waals surface area contributed by atoms with Crippen LogP contribution in [0.2, 0.25) is 0 Å². The van der Waals surface area contributed by atoms with E-state index in [-0.39, 0.29) is 17.8 Å². The van der Waals surface area contributed by atoms with E-state index in [1.54, 1.807) is 11.3 Å². The van der Waals surface area contributed by atoms with Gasteiger partial charge in [0.25, 0.3) is 0 Å². The smallest absolute Gasteiger partial charge is 0.305 e. The SMILES string of the molecule is CCCCCCCC(=O)OCC/C=C/[C@@H](C)CC(=O)NCc1nc(-c2nc(C)cs2)cs1. The van der Waals surface area contributed by atoms with E-state index < -0.39 is 0 Å². The number of hydrogen-bond acceptors (Lipinski definition) is 7. The molecule has 176 valence electrons. The largest absolute Gasteiger partial charge is 0.465 e. The molecule has 0 aliphatic rings. The maximum absolute atomic E-state index is 12.2. The molecule has 0 aromatic carbocycles. The first kappa shape index (κ1) is 26.2. The first-order chi connectivity index (χ1) is 15.5. The van der Waals surface area contributed by atoms with Crippen molar-refractivity contribution in [3.8, 4) is 10.7 Å². The van der Waals surface area contributed by atoms with Gasteiger partial charge < -0.3 is 10.1 Å². The molecule has 6 nitrogen and oxygen atoms in total. The van der Waals surface area contributed by atoms with E-state index in [1.165, 1.54) is 30.6 Å². The molecule has 32 heavy (non-hydrogen) atoms. The van der Waals surface area contributed by atoms with E-state index in [9.17, 15) is 9.59 Å². The van der Waals surface area contributed by atoms with Crippen LogP contribution in [-0.4, -0.2) is 28.5 Å². The number of allylic oxidation sites excluding steroid dienone is 1. The number of thiazole rings is 2. The fourth-order valence-electron chi connectivity index (χ4n) is 3.08. The fourth-order valence-corrected chi connectivity index (χ4v) is 4.63. The summed E-state index contributed by atoms with van der Waals surface area (Å²) in [4.78, 5) is 32.9. The molecule has 0 bridgehead atoms. The van der Waals surface area contributed by atoms with Gasteiger partial charge in [0.2, 0.25) is 5.91 Å². The van der Waals surface area contributed by atoms with Crippen LogP contribution in [0.25, 0.3) is 10.7 Å². The molecule has 0 saturated carbocycles. The minimum atomic E-state index is -0.113. The first-order valence-electron chi connectivity index (χ1n) is 11.4. The molecule has 1 N–H and O–H groups in total. The van der Waals surface area contributed by atoms with Crippen molar-refractivity contribution in [2.45, 2.75) is 78.7 Å². The summed E-state index contributed by atoms with van der Waals surface area (Å²) in [6.45, 7) is 6.97. The molecule has 2 rings (SSSR count). The predicted octanol–water partition coefficient (Wildman–Crippen LogP) is 6.07. The summed E-state index contributed by atoms with van der Waals surface area (Å²) in [6, 6.07) is 0.